The van der Waals surface area contributed by atoms with Crippen molar-refractivity contribution in [1.29, 1.82) is 0 Å². The van der Waals surface area contributed by atoms with Gasteiger partial charge in [-0.3, -0.25) is 9.88 Å². The van der Waals surface area contributed by atoms with Crippen LogP contribution in [0.2, 0.25) is 0 Å². The number of hydrogen-bond donors (Lipinski definition) is 1. The molecule has 1 fully saturated rings. The highest BCUT2D eigenvalue weighted by Gasteiger charge is 2.30. The van der Waals surface area contributed by atoms with Crippen molar-refractivity contribution < 1.29 is 4.74 Å². The quantitative estimate of drug-likeness (QED) is 0.865. The molecular formula is C13H21N3O. The molecule has 1 unspecified atom stereocenters. The van der Waals surface area contributed by atoms with Crippen LogP contribution < -0.4 is 5.73 Å². The molecule has 1 saturated heterocycles. The molecule has 0 amide bonds. The standard InChI is InChI=1S/C13H21N3O/c1-13(17-2)6-3-7-16(10-13)9-12-5-4-11(14)8-15-12/h4-5,8H,3,6-7,9-10,14H2,1-2H3. The monoisotopic (exact) mass is 235 g/mol. The molecule has 0 saturated carbocycles. The van der Waals surface area contributed by atoms with Crippen molar-refractivity contribution in [2.75, 3.05) is 25.9 Å². The number of rotatable bonds is 3. The third-order valence-corrected chi connectivity index (χ3v) is 3.46. The van der Waals surface area contributed by atoms with E-state index < -0.39 is 0 Å². The van der Waals surface area contributed by atoms with E-state index >= 15 is 0 Å². The number of hydrogen-bond acceptors (Lipinski definition) is 4. The normalized spacial score (nSPS) is 26.0. The van der Waals surface area contributed by atoms with Crippen LogP contribution in [0.4, 0.5) is 5.69 Å². The van der Waals surface area contributed by atoms with Crippen molar-refractivity contribution in [3.8, 4) is 0 Å². The fourth-order valence-electron chi connectivity index (χ4n) is 2.37. The van der Waals surface area contributed by atoms with E-state index in [-0.39, 0.29) is 5.60 Å². The third kappa shape index (κ3) is 3.17. The molecule has 1 atom stereocenters. The number of likely N-dealkylation sites (tertiary alicyclic amines) is 1. The van der Waals surface area contributed by atoms with E-state index in [1.165, 1.54) is 6.42 Å². The molecule has 0 aliphatic carbocycles. The number of aromatic nitrogens is 1. The maximum absolute atomic E-state index is 5.63. The van der Waals surface area contributed by atoms with Crippen LogP contribution >= 0.6 is 0 Å². The van der Waals surface area contributed by atoms with E-state index in [2.05, 4.69) is 16.8 Å². The molecule has 1 aromatic rings. The zero-order valence-electron chi connectivity index (χ0n) is 10.6. The van der Waals surface area contributed by atoms with E-state index in [1.54, 1.807) is 13.3 Å². The van der Waals surface area contributed by atoms with Gasteiger partial charge < -0.3 is 10.5 Å². The lowest BCUT2D eigenvalue weighted by atomic mass is 9.94. The Kier molecular flexibility index (Phi) is 3.64. The Morgan fingerprint density at radius 3 is 3.00 bits per heavy atom. The highest BCUT2D eigenvalue weighted by atomic mass is 16.5. The predicted molar refractivity (Wildman–Crippen MR) is 68.6 cm³/mol. The van der Waals surface area contributed by atoms with Gasteiger partial charge in [0.2, 0.25) is 0 Å². The lowest BCUT2D eigenvalue weighted by molar-refractivity contribution is -0.0529. The maximum Gasteiger partial charge on any atom is 0.0777 e. The highest BCUT2D eigenvalue weighted by Crippen LogP contribution is 2.24. The van der Waals surface area contributed by atoms with Crippen LogP contribution in [0.5, 0.6) is 0 Å². The Hall–Kier alpha value is -1.13. The summed E-state index contributed by atoms with van der Waals surface area (Å²) >= 11 is 0. The van der Waals surface area contributed by atoms with Gasteiger partial charge in [-0.25, -0.2) is 0 Å². The molecule has 1 aliphatic heterocycles. The number of piperidine rings is 1. The number of nitrogens with zero attached hydrogens (tertiary/aromatic N) is 2. The number of ether oxygens (including phenoxy) is 1. The van der Waals surface area contributed by atoms with E-state index in [9.17, 15) is 0 Å². The molecular weight excluding hydrogens is 214 g/mol. The van der Waals surface area contributed by atoms with Gasteiger partial charge in [-0.1, -0.05) is 0 Å². The Balaban J connectivity index is 1.97. The molecule has 2 rings (SSSR count). The number of nitrogens with two attached hydrogens (primary N) is 1. The average molecular weight is 235 g/mol. The zero-order valence-corrected chi connectivity index (χ0v) is 10.6. The summed E-state index contributed by atoms with van der Waals surface area (Å²) < 4.78 is 5.58. The van der Waals surface area contributed by atoms with E-state index in [0.717, 1.165) is 31.7 Å². The van der Waals surface area contributed by atoms with E-state index in [0.29, 0.717) is 5.69 Å². The first-order valence-electron chi connectivity index (χ1n) is 6.09. The van der Waals surface area contributed by atoms with E-state index in [1.807, 2.05) is 12.1 Å². The largest absolute Gasteiger partial charge is 0.397 e. The van der Waals surface area contributed by atoms with Crippen molar-refractivity contribution in [1.82, 2.24) is 9.88 Å². The number of nitrogen functional groups attached to an aromatic ring is 1. The second-order valence-electron chi connectivity index (χ2n) is 5.05. The maximum atomic E-state index is 5.63. The fourth-order valence-corrected chi connectivity index (χ4v) is 2.37. The van der Waals surface area contributed by atoms with Gasteiger partial charge in [-0.15, -0.1) is 0 Å². The highest BCUT2D eigenvalue weighted by molar-refractivity contribution is 5.34. The lowest BCUT2D eigenvalue weighted by Gasteiger charge is -2.39. The first-order valence-corrected chi connectivity index (χ1v) is 6.09. The molecule has 2 N–H and O–H groups in total. The second-order valence-corrected chi connectivity index (χ2v) is 5.05. The molecule has 4 nitrogen and oxygen atoms in total. The zero-order chi connectivity index (χ0) is 12.3. The number of anilines is 1. The molecule has 0 aromatic carbocycles. The summed E-state index contributed by atoms with van der Waals surface area (Å²) in [7, 11) is 1.80. The number of pyridine rings is 1. The van der Waals surface area contributed by atoms with Gasteiger partial charge in [0.05, 0.1) is 23.2 Å². The first-order chi connectivity index (χ1) is 8.11. The summed E-state index contributed by atoms with van der Waals surface area (Å²) in [6.07, 6.45) is 4.03. The van der Waals surface area contributed by atoms with Gasteiger partial charge in [-0.2, -0.15) is 0 Å². The SMILES string of the molecule is COC1(C)CCCN(Cc2ccc(N)cn2)C1. The summed E-state index contributed by atoms with van der Waals surface area (Å²) in [6.45, 7) is 5.13. The summed E-state index contributed by atoms with van der Waals surface area (Å²) in [6, 6.07) is 3.90. The van der Waals surface area contributed by atoms with Crippen LogP contribution in [0.15, 0.2) is 18.3 Å². The smallest absolute Gasteiger partial charge is 0.0777 e. The summed E-state index contributed by atoms with van der Waals surface area (Å²) in [5.74, 6) is 0. The molecule has 1 aromatic heterocycles. The van der Waals surface area contributed by atoms with Gasteiger partial charge in [0.15, 0.2) is 0 Å². The van der Waals surface area contributed by atoms with Crippen molar-refractivity contribution in [3.63, 3.8) is 0 Å². The first kappa shape index (κ1) is 12.3. The third-order valence-electron chi connectivity index (χ3n) is 3.46. The Bertz CT molecular complexity index is 365. The van der Waals surface area contributed by atoms with Gasteiger partial charge in [0, 0.05) is 20.2 Å². The Labute approximate surface area is 103 Å². The molecule has 4 heteroatoms. The van der Waals surface area contributed by atoms with Crippen LogP contribution in [-0.4, -0.2) is 35.7 Å². The average Bonchev–Trinajstić information content (AvgIpc) is 2.32. The lowest BCUT2D eigenvalue weighted by Crippen LogP contribution is -2.46. The van der Waals surface area contributed by atoms with E-state index in [4.69, 9.17) is 10.5 Å². The van der Waals surface area contributed by atoms with Crippen molar-refractivity contribution in [2.45, 2.75) is 31.9 Å². The topological polar surface area (TPSA) is 51.4 Å². The molecule has 0 radical (unpaired) electrons. The van der Waals surface area contributed by atoms with Crippen LogP contribution in [0.1, 0.15) is 25.5 Å². The van der Waals surface area contributed by atoms with Crippen molar-refractivity contribution >= 4 is 5.69 Å². The minimum atomic E-state index is -0.00788. The van der Waals surface area contributed by atoms with Crippen LogP contribution in [0.3, 0.4) is 0 Å². The van der Waals surface area contributed by atoms with Gasteiger partial charge in [0.1, 0.15) is 0 Å². The van der Waals surface area contributed by atoms with Crippen LogP contribution in [0, 0.1) is 0 Å². The number of methoxy groups -OCH3 is 1. The van der Waals surface area contributed by atoms with Gasteiger partial charge >= 0.3 is 0 Å². The molecule has 2 heterocycles. The van der Waals surface area contributed by atoms with Crippen molar-refractivity contribution in [2.24, 2.45) is 0 Å². The van der Waals surface area contributed by atoms with Crippen molar-refractivity contribution in [3.05, 3.63) is 24.0 Å². The predicted octanol–water partition coefficient (Wildman–Crippen LogP) is 1.66. The van der Waals surface area contributed by atoms with Crippen LogP contribution in [-0.2, 0) is 11.3 Å². The molecule has 17 heavy (non-hydrogen) atoms. The molecule has 0 spiro atoms. The summed E-state index contributed by atoms with van der Waals surface area (Å²) in [5, 5.41) is 0. The van der Waals surface area contributed by atoms with Gasteiger partial charge in [-0.05, 0) is 38.4 Å². The molecule has 0 bridgehead atoms. The summed E-state index contributed by atoms with van der Waals surface area (Å²) in [5.41, 5.74) is 7.41. The van der Waals surface area contributed by atoms with Gasteiger partial charge in [0.25, 0.3) is 0 Å². The minimum absolute atomic E-state index is 0.00788. The minimum Gasteiger partial charge on any atom is -0.397 e. The molecule has 94 valence electrons. The second kappa shape index (κ2) is 5.02. The Morgan fingerprint density at radius 1 is 1.53 bits per heavy atom. The molecule has 1 aliphatic rings. The summed E-state index contributed by atoms with van der Waals surface area (Å²) in [4.78, 5) is 6.73. The Morgan fingerprint density at radius 2 is 2.35 bits per heavy atom. The van der Waals surface area contributed by atoms with Crippen LogP contribution in [0.25, 0.3) is 0 Å². The fraction of sp³-hybridized carbons (Fsp3) is 0.615.